The van der Waals surface area contributed by atoms with E-state index in [1.807, 2.05) is 0 Å². The van der Waals surface area contributed by atoms with Crippen LogP contribution in [-0.2, 0) is 15.7 Å². The highest BCUT2D eigenvalue weighted by Crippen LogP contribution is 2.44. The van der Waals surface area contributed by atoms with E-state index in [0.29, 0.717) is 13.0 Å². The summed E-state index contributed by atoms with van der Waals surface area (Å²) in [5.41, 5.74) is 2.31. The maximum absolute atomic E-state index is 15.1. The average Bonchev–Trinajstić information content (AvgIpc) is 3.39. The number of rotatable bonds is 11. The van der Waals surface area contributed by atoms with Gasteiger partial charge in [-0.25, -0.2) is 4.39 Å². The largest absolute Gasteiger partial charge is 0.493 e. The number of hydrogen-bond donors (Lipinski definition) is 4. The van der Waals surface area contributed by atoms with Gasteiger partial charge in [0.15, 0.2) is 17.6 Å². The minimum Gasteiger partial charge on any atom is -0.493 e. The lowest BCUT2D eigenvalue weighted by Crippen LogP contribution is -2.52. The molecule has 2 heterocycles. The molecule has 1 aliphatic heterocycles. The van der Waals surface area contributed by atoms with Crippen LogP contribution < -0.4 is 25.8 Å². The summed E-state index contributed by atoms with van der Waals surface area (Å²) in [5.74, 6) is -1.61. The Morgan fingerprint density at radius 1 is 1.16 bits per heavy atom. The third kappa shape index (κ3) is 7.32. The molecule has 0 bridgehead atoms. The number of aromatic nitrogens is 1. The summed E-state index contributed by atoms with van der Waals surface area (Å²) in [6, 6.07) is 10.3. The van der Waals surface area contributed by atoms with Crippen molar-refractivity contribution in [1.82, 2.24) is 15.6 Å². The minimum absolute atomic E-state index is 0.0390. The van der Waals surface area contributed by atoms with Crippen molar-refractivity contribution in [2.45, 2.75) is 49.9 Å². The number of carbonyl (C=O) groups excluding carboxylic acids is 2. The molecule has 2 atom stereocenters. The number of nitrogens with one attached hydrogen (secondary N) is 2. The molecule has 3 aromatic rings. The maximum atomic E-state index is 15.1. The Labute approximate surface area is 262 Å². The smallest absolute Gasteiger partial charge is 0.401 e. The van der Waals surface area contributed by atoms with Crippen molar-refractivity contribution in [3.05, 3.63) is 76.2 Å². The molecule has 4 rings (SSSR count). The number of pyridine rings is 1. The molecule has 1 fully saturated rings. The standard InChI is InChI=1S/C31H33ClF4N4O5/c1-29(2,37)19-14-22(17-4-6-21(33)20(32)12-17)40-26(15-19)30(9-11-41,31(34,35)36)16-39-27(42)18-5-7-23(25(13-18)44-3)45-24-8-10-38-28(24)43/h4-7,12-15,24,41H,8-11,16,37H2,1-3H3,(H,38,43)(H,39,42)/t24-,30?/m0/s1. The number of nitrogens with two attached hydrogens (primary N) is 1. The number of carbonyl (C=O) groups is 2. The van der Waals surface area contributed by atoms with Gasteiger partial charge in [0.05, 0.1) is 23.5 Å². The second-order valence-corrected chi connectivity index (χ2v) is 11.7. The molecule has 5 N–H and O–H groups in total. The predicted octanol–water partition coefficient (Wildman–Crippen LogP) is 4.62. The third-order valence-electron chi connectivity index (χ3n) is 7.60. The van der Waals surface area contributed by atoms with Crippen molar-refractivity contribution in [2.75, 3.05) is 26.8 Å². The molecule has 45 heavy (non-hydrogen) atoms. The predicted molar refractivity (Wildman–Crippen MR) is 159 cm³/mol. The molecule has 14 heteroatoms. The number of aliphatic hydroxyl groups excluding tert-OH is 1. The number of ether oxygens (including phenoxy) is 2. The van der Waals surface area contributed by atoms with Crippen LogP contribution in [0.2, 0.25) is 5.02 Å². The highest BCUT2D eigenvalue weighted by molar-refractivity contribution is 6.31. The van der Waals surface area contributed by atoms with Crippen LogP contribution in [0.4, 0.5) is 17.6 Å². The van der Waals surface area contributed by atoms with E-state index in [1.165, 1.54) is 49.6 Å². The van der Waals surface area contributed by atoms with E-state index in [1.54, 1.807) is 13.8 Å². The van der Waals surface area contributed by atoms with E-state index in [9.17, 15) is 19.1 Å². The Kier molecular flexibility index (Phi) is 9.95. The van der Waals surface area contributed by atoms with Gasteiger partial charge >= 0.3 is 6.18 Å². The van der Waals surface area contributed by atoms with Gasteiger partial charge in [-0.15, -0.1) is 0 Å². The lowest BCUT2D eigenvalue weighted by Gasteiger charge is -2.36. The molecule has 1 aliphatic rings. The van der Waals surface area contributed by atoms with Crippen LogP contribution in [0.25, 0.3) is 11.3 Å². The summed E-state index contributed by atoms with van der Waals surface area (Å²) in [6.45, 7) is 1.75. The lowest BCUT2D eigenvalue weighted by molar-refractivity contribution is -0.194. The monoisotopic (exact) mass is 652 g/mol. The van der Waals surface area contributed by atoms with Gasteiger partial charge in [-0.2, -0.15) is 13.2 Å². The molecule has 2 aromatic carbocycles. The second kappa shape index (κ2) is 13.2. The van der Waals surface area contributed by atoms with Gasteiger partial charge in [0.25, 0.3) is 11.8 Å². The number of methoxy groups -OCH3 is 1. The Morgan fingerprint density at radius 2 is 1.89 bits per heavy atom. The maximum Gasteiger partial charge on any atom is 0.401 e. The number of hydrogen-bond acceptors (Lipinski definition) is 7. The van der Waals surface area contributed by atoms with E-state index >= 15 is 13.2 Å². The number of nitrogens with zero attached hydrogens (tertiary/aromatic N) is 1. The fourth-order valence-electron chi connectivity index (χ4n) is 4.91. The zero-order valence-electron chi connectivity index (χ0n) is 24.7. The van der Waals surface area contributed by atoms with Crippen LogP contribution in [0.15, 0.2) is 48.5 Å². The zero-order valence-corrected chi connectivity index (χ0v) is 25.5. The zero-order chi connectivity index (χ0) is 33.2. The SMILES string of the molecule is COc1cc(C(=O)NCC(CCO)(c2cc(C(C)(C)N)cc(-c3ccc(F)c(Cl)c3)n2)C(F)(F)F)ccc1O[C@H]1CCNC1=O. The highest BCUT2D eigenvalue weighted by Gasteiger charge is 2.57. The normalized spacial score (nSPS) is 16.6. The Bertz CT molecular complexity index is 1580. The number of halogens is 5. The van der Waals surface area contributed by atoms with Gasteiger partial charge in [-0.1, -0.05) is 11.6 Å². The van der Waals surface area contributed by atoms with E-state index < -0.39 is 60.2 Å². The molecule has 242 valence electrons. The van der Waals surface area contributed by atoms with Gasteiger partial charge < -0.3 is 30.9 Å². The number of alkyl halides is 3. The molecular formula is C31H33ClF4N4O5. The molecule has 2 amide bonds. The minimum atomic E-state index is -5.01. The van der Waals surface area contributed by atoms with Gasteiger partial charge in [-0.05, 0) is 74.4 Å². The van der Waals surface area contributed by atoms with Crippen LogP contribution in [-0.4, -0.2) is 61.0 Å². The molecule has 0 spiro atoms. The first-order valence-corrected chi connectivity index (χ1v) is 14.3. The van der Waals surface area contributed by atoms with Crippen molar-refractivity contribution in [3.8, 4) is 22.8 Å². The van der Waals surface area contributed by atoms with Gasteiger partial charge in [0.2, 0.25) is 0 Å². The van der Waals surface area contributed by atoms with E-state index in [2.05, 4.69) is 15.6 Å². The summed E-state index contributed by atoms with van der Waals surface area (Å²) in [4.78, 5) is 29.4. The van der Waals surface area contributed by atoms with Crippen molar-refractivity contribution in [2.24, 2.45) is 5.73 Å². The fraction of sp³-hybridized carbons (Fsp3) is 0.387. The van der Waals surface area contributed by atoms with Gasteiger partial charge in [-0.3, -0.25) is 14.6 Å². The summed E-state index contributed by atoms with van der Waals surface area (Å²) < 4.78 is 70.2. The highest BCUT2D eigenvalue weighted by atomic mass is 35.5. The number of amides is 2. The summed E-state index contributed by atoms with van der Waals surface area (Å²) in [5, 5.41) is 14.6. The number of benzene rings is 2. The molecule has 0 saturated carbocycles. The van der Waals surface area contributed by atoms with Crippen molar-refractivity contribution < 1.29 is 41.7 Å². The van der Waals surface area contributed by atoms with Gasteiger partial charge in [0, 0.05) is 42.8 Å². The van der Waals surface area contributed by atoms with Crippen LogP contribution in [0.1, 0.15) is 48.3 Å². The van der Waals surface area contributed by atoms with Crippen molar-refractivity contribution in [3.63, 3.8) is 0 Å². The molecule has 1 unspecified atom stereocenters. The quantitative estimate of drug-likeness (QED) is 0.222. The second-order valence-electron chi connectivity index (χ2n) is 11.3. The molecule has 0 aliphatic carbocycles. The number of aliphatic hydroxyl groups is 1. The first-order chi connectivity index (χ1) is 21.1. The fourth-order valence-corrected chi connectivity index (χ4v) is 5.09. The van der Waals surface area contributed by atoms with Crippen LogP contribution in [0, 0.1) is 5.82 Å². The molecule has 0 radical (unpaired) electrons. The summed E-state index contributed by atoms with van der Waals surface area (Å²) >= 11 is 5.95. The van der Waals surface area contributed by atoms with E-state index in [0.717, 1.165) is 6.07 Å². The average molecular weight is 653 g/mol. The third-order valence-corrected chi connectivity index (χ3v) is 7.89. The first kappa shape index (κ1) is 33.9. The van der Waals surface area contributed by atoms with Gasteiger partial charge in [0.1, 0.15) is 11.2 Å². The van der Waals surface area contributed by atoms with Crippen molar-refractivity contribution >= 4 is 23.4 Å². The van der Waals surface area contributed by atoms with Crippen LogP contribution in [0.3, 0.4) is 0 Å². The van der Waals surface area contributed by atoms with E-state index in [-0.39, 0.29) is 44.8 Å². The Balaban J connectivity index is 1.72. The Morgan fingerprint density at radius 3 is 2.47 bits per heavy atom. The summed E-state index contributed by atoms with van der Waals surface area (Å²) in [6.07, 6.45) is -6.17. The molecule has 9 nitrogen and oxygen atoms in total. The molecule has 1 saturated heterocycles. The van der Waals surface area contributed by atoms with E-state index in [4.69, 9.17) is 26.8 Å². The molecule has 1 aromatic heterocycles. The topological polar surface area (TPSA) is 136 Å². The van der Waals surface area contributed by atoms with Crippen LogP contribution in [0.5, 0.6) is 11.5 Å². The van der Waals surface area contributed by atoms with Crippen LogP contribution >= 0.6 is 11.6 Å². The van der Waals surface area contributed by atoms with Crippen molar-refractivity contribution in [1.29, 1.82) is 0 Å². The first-order valence-electron chi connectivity index (χ1n) is 13.9. The summed E-state index contributed by atoms with van der Waals surface area (Å²) in [7, 11) is 1.32. The Hall–Kier alpha value is -3.94. The lowest BCUT2D eigenvalue weighted by atomic mass is 9.78. The molecular weight excluding hydrogens is 620 g/mol.